The summed E-state index contributed by atoms with van der Waals surface area (Å²) in [6.07, 6.45) is 4.68. The minimum atomic E-state index is -0.496. The largest absolute Gasteiger partial charge is 0.390 e. The third-order valence-corrected chi connectivity index (χ3v) is 2.81. The van der Waals surface area contributed by atoms with Crippen molar-refractivity contribution >= 4 is 0 Å². The summed E-state index contributed by atoms with van der Waals surface area (Å²) >= 11 is 0. The summed E-state index contributed by atoms with van der Waals surface area (Å²) in [5.74, 6) is 0. The highest BCUT2D eigenvalue weighted by atomic mass is 16.5. The molecule has 1 saturated carbocycles. The Morgan fingerprint density at radius 2 is 2.08 bits per heavy atom. The van der Waals surface area contributed by atoms with E-state index in [0.717, 1.165) is 32.1 Å². The van der Waals surface area contributed by atoms with Crippen LogP contribution < -0.4 is 5.73 Å². The highest BCUT2D eigenvalue weighted by molar-refractivity contribution is 4.85. The van der Waals surface area contributed by atoms with Crippen LogP contribution in [0.4, 0.5) is 0 Å². The van der Waals surface area contributed by atoms with E-state index in [1.807, 2.05) is 0 Å². The average Bonchev–Trinajstić information content (AvgIpc) is 2.06. The van der Waals surface area contributed by atoms with Gasteiger partial charge in [-0.1, -0.05) is 0 Å². The van der Waals surface area contributed by atoms with Gasteiger partial charge in [0.15, 0.2) is 0 Å². The second-order valence-electron chi connectivity index (χ2n) is 3.70. The van der Waals surface area contributed by atoms with E-state index in [2.05, 4.69) is 0 Å². The van der Waals surface area contributed by atoms with Crippen molar-refractivity contribution in [1.82, 2.24) is 0 Å². The first-order chi connectivity index (χ1) is 5.70. The van der Waals surface area contributed by atoms with E-state index >= 15 is 0 Å². The van der Waals surface area contributed by atoms with Crippen LogP contribution in [0.25, 0.3) is 0 Å². The zero-order chi connectivity index (χ0) is 9.03. The molecule has 0 heterocycles. The van der Waals surface area contributed by atoms with Gasteiger partial charge in [-0.3, -0.25) is 0 Å². The second-order valence-corrected chi connectivity index (χ2v) is 3.70. The Balaban J connectivity index is 2.33. The standard InChI is InChI=1S/C9H19NO2/c1-12-8-2-4-9(11,5-3-8)6-7-10/h8,11H,2-7,10H2,1H3. The van der Waals surface area contributed by atoms with E-state index in [9.17, 15) is 5.11 Å². The predicted molar refractivity (Wildman–Crippen MR) is 47.9 cm³/mol. The third-order valence-electron chi connectivity index (χ3n) is 2.81. The third kappa shape index (κ3) is 2.44. The van der Waals surface area contributed by atoms with Crippen LogP contribution in [-0.2, 0) is 4.74 Å². The number of ether oxygens (including phenoxy) is 1. The van der Waals surface area contributed by atoms with Crippen molar-refractivity contribution in [2.24, 2.45) is 5.73 Å². The first-order valence-electron chi connectivity index (χ1n) is 4.65. The molecule has 72 valence electrons. The lowest BCUT2D eigenvalue weighted by molar-refractivity contribution is -0.0465. The van der Waals surface area contributed by atoms with E-state index < -0.39 is 5.60 Å². The molecular weight excluding hydrogens is 154 g/mol. The van der Waals surface area contributed by atoms with Gasteiger partial charge in [-0.2, -0.15) is 0 Å². The fraction of sp³-hybridized carbons (Fsp3) is 1.00. The number of rotatable bonds is 3. The summed E-state index contributed by atoms with van der Waals surface area (Å²) in [7, 11) is 1.73. The SMILES string of the molecule is COC1CCC(O)(CCN)CC1. The summed E-state index contributed by atoms with van der Waals surface area (Å²) in [4.78, 5) is 0. The number of hydrogen-bond donors (Lipinski definition) is 2. The molecule has 0 amide bonds. The molecule has 3 nitrogen and oxygen atoms in total. The van der Waals surface area contributed by atoms with Crippen LogP contribution in [0.15, 0.2) is 0 Å². The fourth-order valence-corrected chi connectivity index (χ4v) is 1.88. The summed E-state index contributed by atoms with van der Waals surface area (Å²) in [6, 6.07) is 0. The minimum Gasteiger partial charge on any atom is -0.390 e. The van der Waals surface area contributed by atoms with E-state index in [0.29, 0.717) is 12.6 Å². The molecule has 0 aromatic heterocycles. The van der Waals surface area contributed by atoms with Crippen molar-refractivity contribution in [2.45, 2.75) is 43.8 Å². The number of hydrogen-bond acceptors (Lipinski definition) is 3. The van der Waals surface area contributed by atoms with E-state index in [-0.39, 0.29) is 0 Å². The van der Waals surface area contributed by atoms with Crippen molar-refractivity contribution in [3.63, 3.8) is 0 Å². The maximum atomic E-state index is 9.95. The Morgan fingerprint density at radius 3 is 2.50 bits per heavy atom. The van der Waals surface area contributed by atoms with Crippen LogP contribution in [0, 0.1) is 0 Å². The minimum absolute atomic E-state index is 0.350. The molecule has 3 heteroatoms. The molecule has 0 spiro atoms. The smallest absolute Gasteiger partial charge is 0.0661 e. The van der Waals surface area contributed by atoms with Gasteiger partial charge in [-0.25, -0.2) is 0 Å². The number of aliphatic hydroxyl groups is 1. The van der Waals surface area contributed by atoms with E-state index in [1.165, 1.54) is 0 Å². The topological polar surface area (TPSA) is 55.5 Å². The summed E-state index contributed by atoms with van der Waals surface area (Å²) in [6.45, 7) is 0.578. The number of methoxy groups -OCH3 is 1. The van der Waals surface area contributed by atoms with Gasteiger partial charge in [0, 0.05) is 7.11 Å². The van der Waals surface area contributed by atoms with Gasteiger partial charge in [0.1, 0.15) is 0 Å². The molecule has 0 aromatic carbocycles. The molecule has 12 heavy (non-hydrogen) atoms. The van der Waals surface area contributed by atoms with E-state index in [1.54, 1.807) is 7.11 Å². The molecule has 1 fully saturated rings. The molecular formula is C9H19NO2. The maximum absolute atomic E-state index is 9.95. The molecule has 0 aromatic rings. The predicted octanol–water partition coefficient (Wildman–Crippen LogP) is 0.655. The van der Waals surface area contributed by atoms with Crippen LogP contribution >= 0.6 is 0 Å². The quantitative estimate of drug-likeness (QED) is 0.659. The van der Waals surface area contributed by atoms with Crippen LogP contribution in [0.5, 0.6) is 0 Å². The first-order valence-corrected chi connectivity index (χ1v) is 4.65. The fourth-order valence-electron chi connectivity index (χ4n) is 1.88. The van der Waals surface area contributed by atoms with Crippen molar-refractivity contribution in [1.29, 1.82) is 0 Å². The summed E-state index contributed by atoms with van der Waals surface area (Å²) in [5, 5.41) is 9.95. The molecule has 0 bridgehead atoms. The van der Waals surface area contributed by atoms with Gasteiger partial charge < -0.3 is 15.6 Å². The normalized spacial score (nSPS) is 36.8. The highest BCUT2D eigenvalue weighted by Gasteiger charge is 2.32. The highest BCUT2D eigenvalue weighted by Crippen LogP contribution is 2.31. The molecule has 0 unspecified atom stereocenters. The lowest BCUT2D eigenvalue weighted by Crippen LogP contribution is -2.38. The van der Waals surface area contributed by atoms with Gasteiger partial charge in [-0.05, 0) is 38.6 Å². The maximum Gasteiger partial charge on any atom is 0.0661 e. The first kappa shape index (κ1) is 9.96. The Morgan fingerprint density at radius 1 is 1.50 bits per heavy atom. The lowest BCUT2D eigenvalue weighted by Gasteiger charge is -2.35. The van der Waals surface area contributed by atoms with Crippen molar-refractivity contribution < 1.29 is 9.84 Å². The average molecular weight is 173 g/mol. The van der Waals surface area contributed by atoms with E-state index in [4.69, 9.17) is 10.5 Å². The molecule has 3 N–H and O–H groups in total. The van der Waals surface area contributed by atoms with Crippen molar-refractivity contribution in [2.75, 3.05) is 13.7 Å². The van der Waals surface area contributed by atoms with Crippen LogP contribution in [0.3, 0.4) is 0 Å². The Bertz CT molecular complexity index is 130. The molecule has 0 aliphatic heterocycles. The van der Waals surface area contributed by atoms with Crippen molar-refractivity contribution in [3.8, 4) is 0 Å². The Hall–Kier alpha value is -0.120. The van der Waals surface area contributed by atoms with Crippen LogP contribution in [-0.4, -0.2) is 30.5 Å². The van der Waals surface area contributed by atoms with Crippen LogP contribution in [0.1, 0.15) is 32.1 Å². The molecule has 0 saturated heterocycles. The van der Waals surface area contributed by atoms with Gasteiger partial charge in [0.25, 0.3) is 0 Å². The number of nitrogens with two attached hydrogens (primary N) is 1. The van der Waals surface area contributed by atoms with Gasteiger partial charge in [0.05, 0.1) is 11.7 Å². The van der Waals surface area contributed by atoms with Crippen LogP contribution in [0.2, 0.25) is 0 Å². The molecule has 0 radical (unpaired) electrons. The van der Waals surface area contributed by atoms with Gasteiger partial charge in [-0.15, -0.1) is 0 Å². The lowest BCUT2D eigenvalue weighted by atomic mass is 9.81. The van der Waals surface area contributed by atoms with Gasteiger partial charge in [0.2, 0.25) is 0 Å². The summed E-state index contributed by atoms with van der Waals surface area (Å²) in [5.41, 5.74) is 4.92. The molecule has 1 aliphatic carbocycles. The zero-order valence-corrected chi connectivity index (χ0v) is 7.75. The Kier molecular flexibility index (Phi) is 3.50. The molecule has 0 atom stereocenters. The molecule has 1 rings (SSSR count). The van der Waals surface area contributed by atoms with Crippen molar-refractivity contribution in [3.05, 3.63) is 0 Å². The molecule has 1 aliphatic rings. The summed E-state index contributed by atoms with van der Waals surface area (Å²) < 4.78 is 5.22. The monoisotopic (exact) mass is 173 g/mol. The second kappa shape index (κ2) is 4.21. The Labute approximate surface area is 73.9 Å². The zero-order valence-electron chi connectivity index (χ0n) is 7.75. The van der Waals surface area contributed by atoms with Gasteiger partial charge >= 0.3 is 0 Å².